The van der Waals surface area contributed by atoms with Gasteiger partial charge in [0, 0.05) is 24.2 Å². The minimum absolute atomic E-state index is 0.226. The fourth-order valence-corrected chi connectivity index (χ4v) is 1.69. The summed E-state index contributed by atoms with van der Waals surface area (Å²) < 4.78 is 0. The highest BCUT2D eigenvalue weighted by Gasteiger charge is 2.01. The van der Waals surface area contributed by atoms with Gasteiger partial charge in [0.15, 0.2) is 0 Å². The van der Waals surface area contributed by atoms with E-state index < -0.39 is 0 Å². The van der Waals surface area contributed by atoms with Crippen LogP contribution < -0.4 is 4.90 Å². The number of aliphatic hydroxyl groups is 1. The van der Waals surface area contributed by atoms with Crippen molar-refractivity contribution in [3.05, 3.63) is 16.8 Å². The molecular weight excluding hydrogens is 158 g/mol. The highest BCUT2D eigenvalue weighted by molar-refractivity contribution is 7.08. The second-order valence-electron chi connectivity index (χ2n) is 2.28. The van der Waals surface area contributed by atoms with Gasteiger partial charge in [-0.05, 0) is 18.4 Å². The number of thiophene rings is 1. The lowest BCUT2D eigenvalue weighted by Gasteiger charge is -2.19. The van der Waals surface area contributed by atoms with Crippen molar-refractivity contribution in [3.63, 3.8) is 0 Å². The first-order chi connectivity index (χ1) is 5.38. The maximum atomic E-state index is 8.73. The number of rotatable bonds is 4. The van der Waals surface area contributed by atoms with Gasteiger partial charge in [-0.2, -0.15) is 11.3 Å². The van der Waals surface area contributed by atoms with E-state index in [1.807, 2.05) is 0 Å². The van der Waals surface area contributed by atoms with Gasteiger partial charge >= 0.3 is 0 Å². The fourth-order valence-electron chi connectivity index (χ4n) is 1.03. The molecule has 0 aliphatic rings. The summed E-state index contributed by atoms with van der Waals surface area (Å²) in [6.45, 7) is 4.00. The molecule has 0 spiro atoms. The van der Waals surface area contributed by atoms with Crippen LogP contribution in [0, 0.1) is 0 Å². The number of aliphatic hydroxyl groups excluding tert-OH is 1. The van der Waals surface area contributed by atoms with Gasteiger partial charge in [0.1, 0.15) is 0 Å². The van der Waals surface area contributed by atoms with E-state index in [2.05, 4.69) is 28.7 Å². The van der Waals surface area contributed by atoms with Crippen LogP contribution in [-0.4, -0.2) is 24.8 Å². The molecule has 1 rings (SSSR count). The summed E-state index contributed by atoms with van der Waals surface area (Å²) in [6, 6.07) is 2.07. The first kappa shape index (κ1) is 8.56. The average Bonchev–Trinajstić information content (AvgIpc) is 2.52. The second-order valence-corrected chi connectivity index (χ2v) is 3.06. The number of hydrogen-bond acceptors (Lipinski definition) is 3. The number of anilines is 1. The quantitative estimate of drug-likeness (QED) is 0.743. The Kier molecular flexibility index (Phi) is 3.39. The molecule has 1 aromatic heterocycles. The van der Waals surface area contributed by atoms with E-state index in [9.17, 15) is 0 Å². The normalized spacial score (nSPS) is 10.0. The van der Waals surface area contributed by atoms with Crippen molar-refractivity contribution in [2.75, 3.05) is 24.6 Å². The lowest BCUT2D eigenvalue weighted by atomic mass is 10.4. The third kappa shape index (κ3) is 2.20. The molecular formula is C8H13NOS. The van der Waals surface area contributed by atoms with Crippen molar-refractivity contribution >= 4 is 17.0 Å². The summed E-state index contributed by atoms with van der Waals surface area (Å²) >= 11 is 1.69. The maximum absolute atomic E-state index is 8.73. The summed E-state index contributed by atoms with van der Waals surface area (Å²) in [6.07, 6.45) is 0. The highest BCUT2D eigenvalue weighted by Crippen LogP contribution is 2.16. The van der Waals surface area contributed by atoms with Gasteiger partial charge in [0.05, 0.1) is 6.61 Å². The van der Waals surface area contributed by atoms with Gasteiger partial charge in [-0.3, -0.25) is 0 Å². The molecule has 0 aromatic carbocycles. The molecule has 0 aliphatic heterocycles. The van der Waals surface area contributed by atoms with Crippen LogP contribution in [0.2, 0.25) is 0 Å². The summed E-state index contributed by atoms with van der Waals surface area (Å²) in [5.41, 5.74) is 1.21. The number of nitrogens with zero attached hydrogens (tertiary/aromatic N) is 1. The summed E-state index contributed by atoms with van der Waals surface area (Å²) in [5, 5.41) is 12.9. The van der Waals surface area contributed by atoms with E-state index in [4.69, 9.17) is 5.11 Å². The molecule has 3 heteroatoms. The maximum Gasteiger partial charge on any atom is 0.0606 e. The molecule has 62 valence electrons. The van der Waals surface area contributed by atoms with Crippen molar-refractivity contribution in [2.45, 2.75) is 6.92 Å². The Hall–Kier alpha value is -0.540. The van der Waals surface area contributed by atoms with Crippen LogP contribution in [0.3, 0.4) is 0 Å². The molecule has 1 N–H and O–H groups in total. The lowest BCUT2D eigenvalue weighted by Crippen LogP contribution is -2.25. The molecule has 0 bridgehead atoms. The predicted molar refractivity (Wildman–Crippen MR) is 49.3 cm³/mol. The van der Waals surface area contributed by atoms with Crippen LogP contribution in [0.1, 0.15) is 6.92 Å². The van der Waals surface area contributed by atoms with Gasteiger partial charge in [0.25, 0.3) is 0 Å². The van der Waals surface area contributed by atoms with Crippen molar-refractivity contribution < 1.29 is 5.11 Å². The minimum atomic E-state index is 0.226. The van der Waals surface area contributed by atoms with E-state index in [0.717, 1.165) is 13.1 Å². The largest absolute Gasteiger partial charge is 0.395 e. The van der Waals surface area contributed by atoms with Gasteiger partial charge in [-0.25, -0.2) is 0 Å². The Bertz CT molecular complexity index is 186. The molecule has 11 heavy (non-hydrogen) atoms. The smallest absolute Gasteiger partial charge is 0.0606 e. The van der Waals surface area contributed by atoms with Crippen LogP contribution in [0.15, 0.2) is 16.8 Å². The third-order valence-electron chi connectivity index (χ3n) is 1.62. The Morgan fingerprint density at radius 1 is 1.64 bits per heavy atom. The molecule has 0 atom stereocenters. The molecule has 0 aliphatic carbocycles. The van der Waals surface area contributed by atoms with E-state index in [-0.39, 0.29) is 6.61 Å². The monoisotopic (exact) mass is 171 g/mol. The SMILES string of the molecule is CCN(CCO)c1ccsc1. The third-order valence-corrected chi connectivity index (χ3v) is 2.29. The molecule has 2 nitrogen and oxygen atoms in total. The Morgan fingerprint density at radius 2 is 2.45 bits per heavy atom. The highest BCUT2D eigenvalue weighted by atomic mass is 32.1. The number of likely N-dealkylation sites (N-methyl/N-ethyl adjacent to an activating group) is 1. The molecule has 0 amide bonds. The van der Waals surface area contributed by atoms with Crippen LogP contribution >= 0.6 is 11.3 Å². The minimum Gasteiger partial charge on any atom is -0.395 e. The molecule has 0 saturated heterocycles. The Balaban J connectivity index is 2.56. The summed E-state index contributed by atoms with van der Waals surface area (Å²) in [5.74, 6) is 0. The first-order valence-electron chi connectivity index (χ1n) is 3.76. The second kappa shape index (κ2) is 4.36. The van der Waals surface area contributed by atoms with Crippen LogP contribution in [0.5, 0.6) is 0 Å². The average molecular weight is 171 g/mol. The van der Waals surface area contributed by atoms with Crippen LogP contribution in [0.4, 0.5) is 5.69 Å². The fraction of sp³-hybridized carbons (Fsp3) is 0.500. The first-order valence-corrected chi connectivity index (χ1v) is 4.70. The molecule has 0 radical (unpaired) electrons. The molecule has 0 unspecified atom stereocenters. The Labute approximate surface area is 71.1 Å². The van der Waals surface area contributed by atoms with E-state index in [1.54, 1.807) is 11.3 Å². The van der Waals surface area contributed by atoms with Crippen LogP contribution in [-0.2, 0) is 0 Å². The van der Waals surface area contributed by atoms with E-state index in [1.165, 1.54) is 5.69 Å². The molecule has 1 heterocycles. The van der Waals surface area contributed by atoms with E-state index >= 15 is 0 Å². The van der Waals surface area contributed by atoms with Gasteiger partial charge < -0.3 is 10.0 Å². The molecule has 0 fully saturated rings. The zero-order valence-corrected chi connectivity index (χ0v) is 7.47. The molecule has 1 aromatic rings. The van der Waals surface area contributed by atoms with Crippen molar-refractivity contribution in [1.29, 1.82) is 0 Å². The van der Waals surface area contributed by atoms with Gasteiger partial charge in [-0.15, -0.1) is 0 Å². The molecule has 0 saturated carbocycles. The number of hydrogen-bond donors (Lipinski definition) is 1. The van der Waals surface area contributed by atoms with Gasteiger partial charge in [-0.1, -0.05) is 0 Å². The summed E-state index contributed by atoms with van der Waals surface area (Å²) in [7, 11) is 0. The zero-order chi connectivity index (χ0) is 8.10. The zero-order valence-electron chi connectivity index (χ0n) is 6.66. The Morgan fingerprint density at radius 3 is 2.91 bits per heavy atom. The van der Waals surface area contributed by atoms with E-state index in [0.29, 0.717) is 0 Å². The van der Waals surface area contributed by atoms with Gasteiger partial charge in [0.2, 0.25) is 0 Å². The lowest BCUT2D eigenvalue weighted by molar-refractivity contribution is 0.302. The topological polar surface area (TPSA) is 23.5 Å². The predicted octanol–water partition coefficient (Wildman–Crippen LogP) is 1.57. The van der Waals surface area contributed by atoms with Crippen LogP contribution in [0.25, 0.3) is 0 Å². The summed E-state index contributed by atoms with van der Waals surface area (Å²) in [4.78, 5) is 2.15. The van der Waals surface area contributed by atoms with Crippen molar-refractivity contribution in [3.8, 4) is 0 Å². The standard InChI is InChI=1S/C8H13NOS/c1-2-9(4-5-10)8-3-6-11-7-8/h3,6-7,10H,2,4-5H2,1H3. The van der Waals surface area contributed by atoms with Crippen molar-refractivity contribution in [2.24, 2.45) is 0 Å². The van der Waals surface area contributed by atoms with Crippen molar-refractivity contribution in [1.82, 2.24) is 0 Å².